The van der Waals surface area contributed by atoms with Gasteiger partial charge in [-0.25, -0.2) is 0 Å². The van der Waals surface area contributed by atoms with Crippen molar-refractivity contribution < 1.29 is 37.5 Å². The zero-order valence-corrected chi connectivity index (χ0v) is 7.53. The molecule has 0 nitrogen and oxygen atoms in total. The molecule has 0 atom stereocenters. The van der Waals surface area contributed by atoms with Crippen molar-refractivity contribution in [1.82, 2.24) is 0 Å². The van der Waals surface area contributed by atoms with Gasteiger partial charge in [0.05, 0.1) is 5.34 Å². The van der Waals surface area contributed by atoms with Crippen LogP contribution in [-0.4, -0.2) is 5.34 Å². The third-order valence-corrected chi connectivity index (χ3v) is 0. The predicted molar refractivity (Wildman–Crippen MR) is 23.8 cm³/mol. The molecule has 0 unspecified atom stereocenters. The van der Waals surface area contributed by atoms with E-state index >= 15 is 0 Å². The Kier molecular flexibility index (Phi) is 113. The quantitative estimate of drug-likeness (QED) is 0.470. The topological polar surface area (TPSA) is 0 Å². The van der Waals surface area contributed by atoms with Crippen LogP contribution in [0.25, 0.3) is 0 Å². The molecule has 0 fully saturated rings. The van der Waals surface area contributed by atoms with Crippen LogP contribution in [0.1, 0.15) is 0 Å². The standard InChI is InChI=1S/CH2Cl2.ClH.Fe.Pd/c2-1-3;;;/h1H2;1H;;. The average Bonchev–Trinajstić information content (AvgIpc) is 0.918. The molecule has 0 aromatic carbocycles. The van der Waals surface area contributed by atoms with E-state index in [1.807, 2.05) is 0 Å². The maximum Gasteiger partial charge on any atom is 0.0967 e. The van der Waals surface area contributed by atoms with Gasteiger partial charge in [-0.05, 0) is 0 Å². The predicted octanol–water partition coefficient (Wildman–Crippen LogP) is 1.84. The van der Waals surface area contributed by atoms with E-state index in [2.05, 4.69) is 0 Å². The molecule has 5 heteroatoms. The Bertz CT molecular complexity index is 10.8. The Morgan fingerprint density at radius 3 is 1.17 bits per heavy atom. The van der Waals surface area contributed by atoms with E-state index in [1.165, 1.54) is 0 Å². The number of rotatable bonds is 0. The van der Waals surface area contributed by atoms with Gasteiger partial charge >= 0.3 is 0 Å². The molecule has 0 heterocycles. The molecule has 0 N–H and O–H groups in total. The van der Waals surface area contributed by atoms with E-state index in [0.29, 0.717) is 0 Å². The fraction of sp³-hybridized carbons (Fsp3) is 1.00. The van der Waals surface area contributed by atoms with Crippen molar-refractivity contribution in [2.45, 2.75) is 0 Å². The summed E-state index contributed by atoms with van der Waals surface area (Å²) in [4.78, 5) is 0. The third kappa shape index (κ3) is 36.7. The van der Waals surface area contributed by atoms with Crippen molar-refractivity contribution in [3.8, 4) is 0 Å². The first kappa shape index (κ1) is 24.4. The van der Waals surface area contributed by atoms with Crippen LogP contribution < -0.4 is 0 Å². The molecule has 0 spiro atoms. The molecular weight excluding hydrogens is 281 g/mol. The van der Waals surface area contributed by atoms with Gasteiger partial charge in [-0.1, -0.05) is 0 Å². The monoisotopic (exact) mass is 282 g/mol. The zero-order chi connectivity index (χ0) is 2.71. The van der Waals surface area contributed by atoms with Gasteiger partial charge in [-0.2, -0.15) is 0 Å². The number of hydrogen-bond acceptors (Lipinski definition) is 0. The summed E-state index contributed by atoms with van der Waals surface area (Å²) in [5.74, 6) is 0. The maximum atomic E-state index is 4.76. The first-order valence-electron chi connectivity index (χ1n) is 0.535. The van der Waals surface area contributed by atoms with Crippen LogP contribution in [-0.2, 0) is 37.5 Å². The van der Waals surface area contributed by atoms with Crippen LogP contribution in [0.2, 0.25) is 0 Å². The van der Waals surface area contributed by atoms with Crippen molar-refractivity contribution in [3.63, 3.8) is 0 Å². The van der Waals surface area contributed by atoms with Crippen LogP contribution in [0.15, 0.2) is 0 Å². The van der Waals surface area contributed by atoms with Crippen molar-refractivity contribution in [3.05, 3.63) is 0 Å². The molecule has 0 saturated carbocycles. The average molecular weight is 284 g/mol. The third-order valence-electron chi connectivity index (χ3n) is 0. The Labute approximate surface area is 77.9 Å². The summed E-state index contributed by atoms with van der Waals surface area (Å²) in [6.07, 6.45) is 0. The SMILES string of the molecule is Cl.ClCCl.[Fe].[Pd]. The molecule has 0 rings (SSSR count). The van der Waals surface area contributed by atoms with E-state index < -0.39 is 0 Å². The molecule has 0 aromatic heterocycles. The van der Waals surface area contributed by atoms with Crippen LogP contribution in [0.5, 0.6) is 0 Å². The van der Waals surface area contributed by atoms with Gasteiger partial charge in [-0.15, -0.1) is 35.6 Å². The summed E-state index contributed by atoms with van der Waals surface area (Å²) in [7, 11) is 0. The van der Waals surface area contributed by atoms with Crippen LogP contribution in [0.3, 0.4) is 0 Å². The fourth-order valence-electron chi connectivity index (χ4n) is 0. The normalized spacial score (nSPS) is 3.00. The van der Waals surface area contributed by atoms with Crippen molar-refractivity contribution in [2.75, 3.05) is 5.34 Å². The molecule has 0 aliphatic rings. The fourth-order valence-corrected chi connectivity index (χ4v) is 0. The number of hydrogen-bond donors (Lipinski definition) is 0. The van der Waals surface area contributed by atoms with Gasteiger partial charge in [0, 0.05) is 37.5 Å². The van der Waals surface area contributed by atoms with Gasteiger partial charge < -0.3 is 0 Å². The smallest absolute Gasteiger partial charge is 0.0967 e. The Hall–Kier alpha value is 2.05. The second-order valence-corrected chi connectivity index (χ2v) is 0.909. The van der Waals surface area contributed by atoms with E-state index in [9.17, 15) is 0 Å². The van der Waals surface area contributed by atoms with E-state index in [4.69, 9.17) is 23.2 Å². The second kappa shape index (κ2) is 27.7. The van der Waals surface area contributed by atoms with Crippen molar-refractivity contribution in [1.29, 1.82) is 0 Å². The van der Waals surface area contributed by atoms with Crippen LogP contribution >= 0.6 is 35.6 Å². The molecule has 0 aromatic rings. The summed E-state index contributed by atoms with van der Waals surface area (Å²) >= 11 is 9.53. The maximum absolute atomic E-state index is 4.76. The minimum absolute atomic E-state index is 0. The molecule has 0 bridgehead atoms. The minimum Gasteiger partial charge on any atom is -0.147 e. The van der Waals surface area contributed by atoms with E-state index in [-0.39, 0.29) is 55.2 Å². The second-order valence-electron chi connectivity index (χ2n) is 0.101. The zero-order valence-electron chi connectivity index (χ0n) is 2.54. The first-order valence-corrected chi connectivity index (χ1v) is 1.60. The summed E-state index contributed by atoms with van der Waals surface area (Å²) < 4.78 is 0. The summed E-state index contributed by atoms with van der Waals surface area (Å²) in [5, 5.41) is 0.194. The molecule has 0 aliphatic carbocycles. The van der Waals surface area contributed by atoms with Gasteiger partial charge in [0.25, 0.3) is 0 Å². The molecule has 46 valence electrons. The Morgan fingerprint density at radius 2 is 1.17 bits per heavy atom. The summed E-state index contributed by atoms with van der Waals surface area (Å²) in [6.45, 7) is 0. The number of alkyl halides is 2. The Balaban J connectivity index is -0.00000000667. The molecule has 0 aliphatic heterocycles. The van der Waals surface area contributed by atoms with Crippen LogP contribution in [0, 0.1) is 0 Å². The largest absolute Gasteiger partial charge is 0.147 e. The molecule has 0 radical (unpaired) electrons. The van der Waals surface area contributed by atoms with Gasteiger partial charge in [0.15, 0.2) is 0 Å². The molecule has 0 amide bonds. The van der Waals surface area contributed by atoms with Gasteiger partial charge in [0.2, 0.25) is 0 Å². The Morgan fingerprint density at radius 1 is 1.17 bits per heavy atom. The van der Waals surface area contributed by atoms with Crippen molar-refractivity contribution >= 4 is 35.6 Å². The molecule has 6 heavy (non-hydrogen) atoms. The number of halogens is 3. The van der Waals surface area contributed by atoms with Crippen LogP contribution in [0.4, 0.5) is 0 Å². The minimum atomic E-state index is 0. The van der Waals surface area contributed by atoms with Crippen molar-refractivity contribution in [2.24, 2.45) is 0 Å². The van der Waals surface area contributed by atoms with Gasteiger partial charge in [0.1, 0.15) is 0 Å². The molecular formula is CH3Cl3FePd. The molecule has 0 saturated heterocycles. The summed E-state index contributed by atoms with van der Waals surface area (Å²) in [5.41, 5.74) is 0. The van der Waals surface area contributed by atoms with E-state index in [0.717, 1.165) is 0 Å². The van der Waals surface area contributed by atoms with E-state index in [1.54, 1.807) is 0 Å². The first-order chi connectivity index (χ1) is 1.41. The van der Waals surface area contributed by atoms with Gasteiger partial charge in [-0.3, -0.25) is 0 Å². The summed E-state index contributed by atoms with van der Waals surface area (Å²) in [6, 6.07) is 0.